The van der Waals surface area contributed by atoms with Gasteiger partial charge < -0.3 is 5.32 Å². The fourth-order valence-corrected chi connectivity index (χ4v) is 2.75. The third kappa shape index (κ3) is 3.93. The molecular weight excluding hydrogens is 305 g/mol. The highest BCUT2D eigenvalue weighted by atomic mass is 35.7. The Morgan fingerprint density at radius 1 is 1.40 bits per heavy atom. The number of benzene rings is 1. The summed E-state index contributed by atoms with van der Waals surface area (Å²) in [4.78, 5) is 11.8. The summed E-state index contributed by atoms with van der Waals surface area (Å²) in [5, 5.41) is 2.64. The topological polar surface area (TPSA) is 63.2 Å². The van der Waals surface area contributed by atoms with Gasteiger partial charge in [0.15, 0.2) is 0 Å². The summed E-state index contributed by atoms with van der Waals surface area (Å²) in [6.07, 6.45) is 0.646. The number of carbonyl (C=O) groups excluding carboxylic acids is 1. The molecule has 1 rings (SSSR count). The maximum absolute atomic E-state index is 13.8. The van der Waals surface area contributed by atoms with Crippen LogP contribution in [0.5, 0.6) is 0 Å². The molecule has 0 heterocycles. The first kappa shape index (κ1) is 16.9. The highest BCUT2D eigenvalue weighted by Gasteiger charge is 2.24. The number of aryl methyl sites for hydroxylation is 1. The molecule has 112 valence electrons. The van der Waals surface area contributed by atoms with Crippen LogP contribution in [0.1, 0.15) is 43.1 Å². The molecule has 0 fully saturated rings. The fraction of sp³-hybridized carbons (Fsp3) is 0.462. The van der Waals surface area contributed by atoms with Crippen LogP contribution in [0.3, 0.4) is 0 Å². The van der Waals surface area contributed by atoms with Crippen LogP contribution in [-0.2, 0) is 9.05 Å². The molecule has 1 amide bonds. The summed E-state index contributed by atoms with van der Waals surface area (Å²) in [6.45, 7) is 6.86. The molecule has 0 aliphatic rings. The Bertz CT molecular complexity index is 641. The summed E-state index contributed by atoms with van der Waals surface area (Å²) in [6, 6.07) is 1.96. The molecule has 7 heteroatoms. The van der Waals surface area contributed by atoms with Crippen LogP contribution in [0.2, 0.25) is 0 Å². The highest BCUT2D eigenvalue weighted by Crippen LogP contribution is 2.23. The average molecular weight is 322 g/mol. The van der Waals surface area contributed by atoms with E-state index < -0.39 is 26.3 Å². The van der Waals surface area contributed by atoms with E-state index in [0.717, 1.165) is 12.1 Å². The molecule has 0 saturated carbocycles. The van der Waals surface area contributed by atoms with Crippen molar-refractivity contribution in [3.8, 4) is 0 Å². The van der Waals surface area contributed by atoms with Gasteiger partial charge in [-0.05, 0) is 44.9 Å². The Kier molecular flexibility index (Phi) is 4.82. The zero-order valence-electron chi connectivity index (χ0n) is 11.8. The van der Waals surface area contributed by atoms with Crippen molar-refractivity contribution in [3.63, 3.8) is 0 Å². The van der Waals surface area contributed by atoms with Crippen molar-refractivity contribution in [1.29, 1.82) is 0 Å². The lowest BCUT2D eigenvalue weighted by Gasteiger charge is -2.24. The molecule has 0 aliphatic carbocycles. The molecule has 0 aliphatic heterocycles. The molecule has 0 bridgehead atoms. The number of hydrogen-bond donors (Lipinski definition) is 1. The van der Waals surface area contributed by atoms with E-state index in [2.05, 4.69) is 5.32 Å². The first-order chi connectivity index (χ1) is 8.98. The van der Waals surface area contributed by atoms with Crippen LogP contribution in [0, 0.1) is 12.7 Å². The van der Waals surface area contributed by atoms with Gasteiger partial charge in [0.05, 0.1) is 10.5 Å². The summed E-state index contributed by atoms with van der Waals surface area (Å²) in [7, 11) is 1.24. The second kappa shape index (κ2) is 5.69. The zero-order chi connectivity index (χ0) is 15.7. The normalized spacial score (nSPS) is 12.3. The van der Waals surface area contributed by atoms with Crippen LogP contribution in [0.4, 0.5) is 4.39 Å². The van der Waals surface area contributed by atoms with Crippen molar-refractivity contribution in [3.05, 3.63) is 29.1 Å². The van der Waals surface area contributed by atoms with Gasteiger partial charge in [0.2, 0.25) is 0 Å². The van der Waals surface area contributed by atoms with Gasteiger partial charge in [-0.2, -0.15) is 0 Å². The standard InChI is InChI=1S/C13H17ClFNO3S/c1-5-13(3,4)16-12(17)9-7-11(20(14,18)19)8(2)6-10(9)15/h6-7H,5H2,1-4H3,(H,16,17). The lowest BCUT2D eigenvalue weighted by atomic mass is 10.0. The maximum atomic E-state index is 13.8. The van der Waals surface area contributed by atoms with E-state index in [0.29, 0.717) is 6.42 Å². The monoisotopic (exact) mass is 321 g/mol. The number of halogens is 2. The first-order valence-electron chi connectivity index (χ1n) is 6.05. The predicted molar refractivity (Wildman–Crippen MR) is 76.0 cm³/mol. The Morgan fingerprint density at radius 3 is 2.40 bits per heavy atom. The summed E-state index contributed by atoms with van der Waals surface area (Å²) >= 11 is 0. The zero-order valence-corrected chi connectivity index (χ0v) is 13.3. The molecule has 1 N–H and O–H groups in total. The van der Waals surface area contributed by atoms with Crippen molar-refractivity contribution >= 4 is 25.6 Å². The molecular formula is C13H17ClFNO3S. The molecule has 0 spiro atoms. The Balaban J connectivity index is 3.30. The Morgan fingerprint density at radius 2 is 1.95 bits per heavy atom. The number of carbonyl (C=O) groups is 1. The fourth-order valence-electron chi connectivity index (χ4n) is 1.55. The number of amides is 1. The van der Waals surface area contributed by atoms with Crippen LogP contribution in [0.25, 0.3) is 0 Å². The Hall–Kier alpha value is -1.14. The SMILES string of the molecule is CCC(C)(C)NC(=O)c1cc(S(=O)(=O)Cl)c(C)cc1F. The molecule has 0 radical (unpaired) electrons. The van der Waals surface area contributed by atoms with E-state index in [9.17, 15) is 17.6 Å². The third-order valence-corrected chi connectivity index (χ3v) is 4.57. The molecule has 1 aromatic carbocycles. The Labute approximate surface area is 122 Å². The largest absolute Gasteiger partial charge is 0.347 e. The average Bonchev–Trinajstić information content (AvgIpc) is 2.26. The van der Waals surface area contributed by atoms with Crippen LogP contribution in [-0.4, -0.2) is 19.9 Å². The van der Waals surface area contributed by atoms with E-state index in [1.165, 1.54) is 6.92 Å². The lowest BCUT2D eigenvalue weighted by molar-refractivity contribution is 0.0907. The minimum absolute atomic E-state index is 0.156. The van der Waals surface area contributed by atoms with Crippen molar-refractivity contribution in [2.75, 3.05) is 0 Å². The maximum Gasteiger partial charge on any atom is 0.261 e. The smallest absolute Gasteiger partial charge is 0.261 e. The number of nitrogens with one attached hydrogen (secondary N) is 1. The van der Waals surface area contributed by atoms with Gasteiger partial charge in [-0.1, -0.05) is 6.92 Å². The van der Waals surface area contributed by atoms with Crippen molar-refractivity contribution < 1.29 is 17.6 Å². The van der Waals surface area contributed by atoms with Crippen LogP contribution >= 0.6 is 10.7 Å². The van der Waals surface area contributed by atoms with Gasteiger partial charge in [0.1, 0.15) is 5.82 Å². The van der Waals surface area contributed by atoms with E-state index in [4.69, 9.17) is 10.7 Å². The van der Waals surface area contributed by atoms with Crippen LogP contribution < -0.4 is 5.32 Å². The van der Waals surface area contributed by atoms with Gasteiger partial charge in [-0.25, -0.2) is 12.8 Å². The molecule has 0 saturated heterocycles. The van der Waals surface area contributed by atoms with Crippen molar-refractivity contribution in [2.24, 2.45) is 0 Å². The van der Waals surface area contributed by atoms with Gasteiger partial charge in [-0.3, -0.25) is 4.79 Å². The third-order valence-electron chi connectivity index (χ3n) is 3.11. The predicted octanol–water partition coefficient (Wildman–Crippen LogP) is 2.98. The lowest BCUT2D eigenvalue weighted by Crippen LogP contribution is -2.43. The summed E-state index contributed by atoms with van der Waals surface area (Å²) in [5.74, 6) is -1.45. The second-order valence-electron chi connectivity index (χ2n) is 5.23. The molecule has 0 unspecified atom stereocenters. The van der Waals surface area contributed by atoms with Gasteiger partial charge >= 0.3 is 0 Å². The second-order valence-corrected chi connectivity index (χ2v) is 7.76. The van der Waals surface area contributed by atoms with Gasteiger partial charge in [-0.15, -0.1) is 0 Å². The van der Waals surface area contributed by atoms with E-state index in [-0.39, 0.29) is 16.0 Å². The van der Waals surface area contributed by atoms with E-state index in [1.807, 2.05) is 6.92 Å². The van der Waals surface area contributed by atoms with Crippen molar-refractivity contribution in [1.82, 2.24) is 5.32 Å². The minimum atomic E-state index is -4.03. The molecule has 20 heavy (non-hydrogen) atoms. The summed E-state index contributed by atoms with van der Waals surface area (Å²) in [5.41, 5.74) is -0.700. The highest BCUT2D eigenvalue weighted by molar-refractivity contribution is 8.13. The van der Waals surface area contributed by atoms with E-state index >= 15 is 0 Å². The number of hydrogen-bond acceptors (Lipinski definition) is 3. The van der Waals surface area contributed by atoms with Gasteiger partial charge in [0, 0.05) is 16.2 Å². The number of rotatable bonds is 4. The van der Waals surface area contributed by atoms with E-state index in [1.54, 1.807) is 13.8 Å². The molecule has 1 aromatic rings. The minimum Gasteiger partial charge on any atom is -0.347 e. The summed E-state index contributed by atoms with van der Waals surface area (Å²) < 4.78 is 36.6. The molecule has 0 atom stereocenters. The van der Waals surface area contributed by atoms with Gasteiger partial charge in [0.25, 0.3) is 15.0 Å². The molecule has 4 nitrogen and oxygen atoms in total. The quantitative estimate of drug-likeness (QED) is 0.867. The first-order valence-corrected chi connectivity index (χ1v) is 8.36. The van der Waals surface area contributed by atoms with Crippen LogP contribution in [0.15, 0.2) is 17.0 Å². The molecule has 0 aromatic heterocycles. The van der Waals surface area contributed by atoms with Crippen molar-refractivity contribution in [2.45, 2.75) is 44.6 Å².